The molecule has 3 unspecified atom stereocenters. The van der Waals surface area contributed by atoms with Gasteiger partial charge in [0.15, 0.2) is 0 Å². The molecule has 2 heterocycles. The zero-order chi connectivity index (χ0) is 24.1. The molecule has 0 spiro atoms. The molecule has 0 radical (unpaired) electrons. The van der Waals surface area contributed by atoms with Gasteiger partial charge in [0.05, 0.1) is 6.61 Å². The number of carbonyl (C=O) groups is 1. The quantitative estimate of drug-likeness (QED) is 0.442. The summed E-state index contributed by atoms with van der Waals surface area (Å²) < 4.78 is 5.99. The molecule has 2 aromatic carbocycles. The summed E-state index contributed by atoms with van der Waals surface area (Å²) in [7, 11) is 0. The molecule has 0 bridgehead atoms. The zero-order valence-electron chi connectivity index (χ0n) is 19.5. The smallest absolute Gasteiger partial charge is 0.235 e. The van der Waals surface area contributed by atoms with E-state index in [2.05, 4.69) is 51.3 Å². The molecular weight excluding hydrogens is 493 g/mol. The van der Waals surface area contributed by atoms with Crippen LogP contribution in [0.5, 0.6) is 0 Å². The topological polar surface area (TPSA) is 44.8 Å². The van der Waals surface area contributed by atoms with E-state index in [1.54, 1.807) is 6.07 Å². The van der Waals surface area contributed by atoms with Crippen LogP contribution >= 0.6 is 35.0 Å². The number of nitrogens with one attached hydrogen (secondary N) is 1. The van der Waals surface area contributed by atoms with Crippen molar-refractivity contribution in [1.82, 2.24) is 14.9 Å². The van der Waals surface area contributed by atoms with Gasteiger partial charge in [-0.15, -0.1) is 0 Å². The van der Waals surface area contributed by atoms with E-state index in [4.69, 9.17) is 39.7 Å². The number of amides is 1. The maximum atomic E-state index is 12.0. The molecule has 3 atom stereocenters. The first-order valence-corrected chi connectivity index (χ1v) is 13.1. The van der Waals surface area contributed by atoms with Crippen molar-refractivity contribution in [1.29, 1.82) is 0 Å². The fourth-order valence-electron chi connectivity index (χ4n) is 5.73. The van der Waals surface area contributed by atoms with Gasteiger partial charge in [-0.25, -0.2) is 10.0 Å². The molecular formula is C26H32Cl3N3O2. The molecule has 2 aliphatic rings. The van der Waals surface area contributed by atoms with E-state index < -0.39 is 0 Å². The Balaban J connectivity index is 1.70. The Bertz CT molecular complexity index is 957. The van der Waals surface area contributed by atoms with Gasteiger partial charge in [-0.3, -0.25) is 9.63 Å². The van der Waals surface area contributed by atoms with Gasteiger partial charge in [-0.2, -0.15) is 0 Å². The highest BCUT2D eigenvalue weighted by Gasteiger charge is 2.46. The van der Waals surface area contributed by atoms with Crippen molar-refractivity contribution >= 4 is 40.9 Å². The summed E-state index contributed by atoms with van der Waals surface area (Å²) in [5.74, 6) is -0.135. The number of hydrogen-bond acceptors (Lipinski definition) is 4. The summed E-state index contributed by atoms with van der Waals surface area (Å²) in [6.45, 7) is 5.08. The van der Waals surface area contributed by atoms with Gasteiger partial charge in [-0.1, -0.05) is 53.5 Å². The number of nitrogens with zero attached hydrogens (tertiary/aromatic N) is 2. The second kappa shape index (κ2) is 11.6. The summed E-state index contributed by atoms with van der Waals surface area (Å²) in [4.78, 5) is 14.3. The number of hydrazine groups is 1. The van der Waals surface area contributed by atoms with Crippen molar-refractivity contribution in [3.8, 4) is 0 Å². The SMILES string of the molecule is CCOCC1CC(c2ccccc2)(c2cc(Cl)cc(Cl)c2)CCN1N1CCCC1CC(=O)NCl. The Morgan fingerprint density at radius 3 is 2.44 bits per heavy atom. The molecule has 2 aromatic rings. The summed E-state index contributed by atoms with van der Waals surface area (Å²) in [5, 5.41) is 6.12. The van der Waals surface area contributed by atoms with Crippen molar-refractivity contribution in [2.75, 3.05) is 26.3 Å². The highest BCUT2D eigenvalue weighted by Crippen LogP contribution is 2.46. The first-order chi connectivity index (χ1) is 16.5. The summed E-state index contributed by atoms with van der Waals surface area (Å²) in [6, 6.07) is 16.8. The fourth-order valence-corrected chi connectivity index (χ4v) is 6.33. The molecule has 0 aliphatic carbocycles. The number of benzene rings is 2. The maximum Gasteiger partial charge on any atom is 0.235 e. The van der Waals surface area contributed by atoms with Gasteiger partial charge in [0.25, 0.3) is 0 Å². The first kappa shape index (κ1) is 25.7. The van der Waals surface area contributed by atoms with Crippen molar-refractivity contribution in [2.45, 2.75) is 56.5 Å². The average Bonchev–Trinajstić information content (AvgIpc) is 3.30. The molecule has 1 N–H and O–H groups in total. The largest absolute Gasteiger partial charge is 0.380 e. The van der Waals surface area contributed by atoms with Crippen LogP contribution in [-0.2, 0) is 14.9 Å². The highest BCUT2D eigenvalue weighted by atomic mass is 35.5. The summed E-state index contributed by atoms with van der Waals surface area (Å²) in [6.07, 6.45) is 4.20. The Morgan fingerprint density at radius 1 is 1.06 bits per heavy atom. The number of ether oxygens (including phenoxy) is 1. The maximum absolute atomic E-state index is 12.0. The number of halogens is 3. The van der Waals surface area contributed by atoms with E-state index >= 15 is 0 Å². The monoisotopic (exact) mass is 523 g/mol. The van der Waals surface area contributed by atoms with E-state index in [0.29, 0.717) is 29.7 Å². The van der Waals surface area contributed by atoms with E-state index in [-0.39, 0.29) is 23.4 Å². The molecule has 0 saturated carbocycles. The molecule has 184 valence electrons. The van der Waals surface area contributed by atoms with Gasteiger partial charge >= 0.3 is 0 Å². The summed E-state index contributed by atoms with van der Waals surface area (Å²) >= 11 is 18.5. The van der Waals surface area contributed by atoms with Gasteiger partial charge in [0, 0.05) is 65.4 Å². The van der Waals surface area contributed by atoms with Crippen molar-refractivity contribution in [3.63, 3.8) is 0 Å². The van der Waals surface area contributed by atoms with Crippen LogP contribution in [0.2, 0.25) is 10.0 Å². The van der Waals surface area contributed by atoms with Crippen molar-refractivity contribution in [3.05, 3.63) is 69.7 Å². The normalized spacial score (nSPS) is 26.0. The van der Waals surface area contributed by atoms with E-state index in [1.165, 1.54) is 5.56 Å². The molecule has 4 rings (SSSR count). The second-order valence-electron chi connectivity index (χ2n) is 9.22. The van der Waals surface area contributed by atoms with Gasteiger partial charge in [0.1, 0.15) is 0 Å². The highest BCUT2D eigenvalue weighted by molar-refractivity contribution is 6.34. The van der Waals surface area contributed by atoms with E-state index in [0.717, 1.165) is 44.3 Å². The molecule has 5 nitrogen and oxygen atoms in total. The van der Waals surface area contributed by atoms with Crippen LogP contribution in [0.1, 0.15) is 50.2 Å². The van der Waals surface area contributed by atoms with Crippen LogP contribution in [-0.4, -0.2) is 54.3 Å². The zero-order valence-corrected chi connectivity index (χ0v) is 21.8. The van der Waals surface area contributed by atoms with Crippen LogP contribution in [0, 0.1) is 0 Å². The standard InChI is InChI=1S/C26H32Cl3N3O2/c1-2-34-18-24-17-26(19-7-4-3-5-8-19,20-13-21(27)15-22(28)14-20)10-12-32(24)31-11-6-9-23(31)16-25(33)30-29/h3-5,7-8,13-15,23-24H,2,6,9-12,16-18H2,1H3,(H,30,33). The lowest BCUT2D eigenvalue weighted by atomic mass is 9.66. The molecule has 2 saturated heterocycles. The van der Waals surface area contributed by atoms with Crippen LogP contribution in [0.4, 0.5) is 0 Å². The lowest BCUT2D eigenvalue weighted by Gasteiger charge is -2.51. The van der Waals surface area contributed by atoms with E-state index in [9.17, 15) is 4.79 Å². The Kier molecular flexibility index (Phi) is 8.78. The van der Waals surface area contributed by atoms with E-state index in [1.807, 2.05) is 13.0 Å². The van der Waals surface area contributed by atoms with Crippen LogP contribution in [0.15, 0.2) is 48.5 Å². The lowest BCUT2D eigenvalue weighted by Crippen LogP contribution is -2.59. The van der Waals surface area contributed by atoms with Gasteiger partial charge in [-0.05, 0) is 61.9 Å². The van der Waals surface area contributed by atoms with Crippen molar-refractivity contribution in [2.24, 2.45) is 0 Å². The van der Waals surface area contributed by atoms with Crippen LogP contribution in [0.25, 0.3) is 0 Å². The minimum absolute atomic E-state index is 0.135. The van der Waals surface area contributed by atoms with Crippen LogP contribution in [0.3, 0.4) is 0 Å². The van der Waals surface area contributed by atoms with Gasteiger partial charge < -0.3 is 4.74 Å². The predicted octanol–water partition coefficient (Wildman–Crippen LogP) is 5.82. The third-order valence-corrected chi connectivity index (χ3v) is 7.88. The van der Waals surface area contributed by atoms with Crippen molar-refractivity contribution < 1.29 is 9.53 Å². The molecule has 8 heteroatoms. The molecule has 0 aromatic heterocycles. The number of piperidine rings is 1. The van der Waals surface area contributed by atoms with Gasteiger partial charge in [0.2, 0.25) is 5.91 Å². The number of carbonyl (C=O) groups excluding carboxylic acids is 1. The number of rotatable bonds is 8. The predicted molar refractivity (Wildman–Crippen MR) is 138 cm³/mol. The Labute approximate surface area is 217 Å². The minimum Gasteiger partial charge on any atom is -0.380 e. The minimum atomic E-state index is -0.239. The average molecular weight is 525 g/mol. The first-order valence-electron chi connectivity index (χ1n) is 12.0. The third-order valence-electron chi connectivity index (χ3n) is 7.23. The second-order valence-corrected chi connectivity index (χ2v) is 10.3. The third kappa shape index (κ3) is 5.56. The molecule has 1 amide bonds. The number of hydrogen-bond donors (Lipinski definition) is 1. The Morgan fingerprint density at radius 2 is 1.76 bits per heavy atom. The molecule has 2 fully saturated rings. The Hall–Kier alpha value is -1.34. The fraction of sp³-hybridized carbons (Fsp3) is 0.500. The molecule has 2 aliphatic heterocycles. The van der Waals surface area contributed by atoms with Crippen LogP contribution < -0.4 is 4.84 Å². The molecule has 34 heavy (non-hydrogen) atoms. The lowest BCUT2D eigenvalue weighted by molar-refractivity contribution is -0.132. The summed E-state index contributed by atoms with van der Waals surface area (Å²) in [5.41, 5.74) is 2.15.